The molecule has 2 aromatic carbocycles. The number of hydrogen-bond acceptors (Lipinski definition) is 18. The van der Waals surface area contributed by atoms with Gasteiger partial charge in [0.1, 0.15) is 64.6 Å². The zero-order valence-corrected chi connectivity index (χ0v) is 56.4. The van der Waals surface area contributed by atoms with Crippen molar-refractivity contribution in [2.24, 2.45) is 53.3 Å². The molecule has 6 saturated carbocycles. The molecule has 2 aromatic rings. The number of aliphatic hydroxyl groups excluding tert-OH is 3. The third kappa shape index (κ3) is 19.5. The summed E-state index contributed by atoms with van der Waals surface area (Å²) in [5.74, 6) is -9.34. The number of ketones is 7. The minimum Gasteiger partial charge on any atom is -0.497 e. The van der Waals surface area contributed by atoms with Crippen molar-refractivity contribution in [2.45, 2.75) is 236 Å². The number of benzene rings is 2. The van der Waals surface area contributed by atoms with Crippen LogP contribution in [0.25, 0.3) is 0 Å². The van der Waals surface area contributed by atoms with Gasteiger partial charge in [-0.3, -0.25) is 57.5 Å². The molecule has 5 amide bonds. The zero-order valence-electron chi connectivity index (χ0n) is 56.4. The van der Waals surface area contributed by atoms with Gasteiger partial charge in [-0.2, -0.15) is 0 Å². The van der Waals surface area contributed by atoms with E-state index in [1.807, 2.05) is 6.92 Å². The van der Waals surface area contributed by atoms with Crippen LogP contribution < -0.4 is 40.8 Å². The van der Waals surface area contributed by atoms with E-state index in [9.17, 15) is 72.9 Å². The van der Waals surface area contributed by atoms with Crippen LogP contribution in [0.1, 0.15) is 205 Å². The summed E-state index contributed by atoms with van der Waals surface area (Å²) in [6, 6.07) is 8.93. The maximum absolute atomic E-state index is 14.4. The van der Waals surface area contributed by atoms with E-state index in [1.165, 1.54) is 21.1 Å². The largest absolute Gasteiger partial charge is 0.497 e. The first kappa shape index (κ1) is 74.5. The van der Waals surface area contributed by atoms with Gasteiger partial charge in [-0.15, -0.1) is 0 Å². The predicted octanol–water partition coefficient (Wildman–Crippen LogP) is 6.12. The molecule has 6 aliphatic rings. The number of ether oxygens (including phenoxy) is 3. The summed E-state index contributed by atoms with van der Waals surface area (Å²) in [6.07, 6.45) is 4.43. The molecule has 0 radical (unpaired) electrons. The molecule has 6 fully saturated rings. The number of carbonyl (C=O) groups excluding carboxylic acids is 12. The van der Waals surface area contributed by atoms with Crippen LogP contribution in [0, 0.1) is 53.3 Å². The Morgan fingerprint density at radius 2 is 0.927 bits per heavy atom. The maximum atomic E-state index is 14.4. The van der Waals surface area contributed by atoms with E-state index >= 15 is 0 Å². The lowest BCUT2D eigenvalue weighted by molar-refractivity contribution is -0.135. The average Bonchev–Trinajstić information content (AvgIpc) is 1.52. The number of unbranched alkanes of at least 4 members (excludes halogenated alkanes) is 2. The lowest BCUT2D eigenvalue weighted by Gasteiger charge is -2.27. The highest BCUT2D eigenvalue weighted by atomic mass is 16.5. The number of methoxy groups -OCH3 is 2. The molecule has 17 atom stereocenters. The number of rotatable bonds is 36. The van der Waals surface area contributed by atoms with Crippen LogP contribution in [0.3, 0.4) is 0 Å². The Morgan fingerprint density at radius 1 is 0.490 bits per heavy atom. The molecule has 10 unspecified atom stereocenters. The van der Waals surface area contributed by atoms with E-state index in [-0.39, 0.29) is 136 Å². The Labute approximate surface area is 562 Å². The minimum atomic E-state index is -0.941. The van der Waals surface area contributed by atoms with Crippen LogP contribution in [0.4, 0.5) is 0 Å². The van der Waals surface area contributed by atoms with Crippen LogP contribution in [0.2, 0.25) is 0 Å². The fraction of sp³-hybridized carbons (Fsp3) is 0.671. The SMILES string of the molecule is CCCCC[C@H](NC(C)=O)C(=O)NC1CCC[C@H]1C(=O)C1CC(O)C[C@H]1C(=O)CCC(=O)NC1CCC[C@H]1C(=O)C1CC(O)C[C@H]1C(=O)CCC(=O)NC1CCC[C@H]1C(=O)C1CC(O)C[C@H]1C(=O)CCC(=O)NC(c1ccc(OCC(=O)CC)cc1)c1ccc(OC)cc1OC. The van der Waals surface area contributed by atoms with Gasteiger partial charge in [0.2, 0.25) is 29.5 Å². The molecule has 526 valence electrons. The molecule has 8 N–H and O–H groups in total. The lowest BCUT2D eigenvalue weighted by Crippen LogP contribution is -2.51. The van der Waals surface area contributed by atoms with Gasteiger partial charge in [-0.1, -0.05) is 64.5 Å². The molecule has 0 heterocycles. The molecule has 0 saturated heterocycles. The van der Waals surface area contributed by atoms with Gasteiger partial charge in [0.05, 0.1) is 38.6 Å². The smallest absolute Gasteiger partial charge is 0.242 e. The second kappa shape index (κ2) is 35.3. The molecular weight excluding hydrogens is 1230 g/mol. The molecule has 8 rings (SSSR count). The topological polar surface area (TPSA) is 353 Å². The molecule has 23 nitrogen and oxygen atoms in total. The zero-order chi connectivity index (χ0) is 69.3. The van der Waals surface area contributed by atoms with Crippen LogP contribution in [0.15, 0.2) is 42.5 Å². The lowest BCUT2D eigenvalue weighted by atomic mass is 9.80. The van der Waals surface area contributed by atoms with Gasteiger partial charge in [0, 0.05) is 135 Å². The van der Waals surface area contributed by atoms with E-state index in [1.54, 1.807) is 49.4 Å². The Kier molecular flexibility index (Phi) is 27.4. The van der Waals surface area contributed by atoms with Crippen molar-refractivity contribution in [1.29, 1.82) is 0 Å². The van der Waals surface area contributed by atoms with Crippen molar-refractivity contribution in [3.8, 4) is 17.2 Å². The van der Waals surface area contributed by atoms with Crippen molar-refractivity contribution >= 4 is 70.0 Å². The average molecular weight is 1340 g/mol. The molecule has 0 spiro atoms. The first-order valence-electron chi connectivity index (χ1n) is 35.2. The number of carbonyl (C=O) groups is 12. The highest BCUT2D eigenvalue weighted by Gasteiger charge is 2.50. The summed E-state index contributed by atoms with van der Waals surface area (Å²) in [5, 5.41) is 47.2. The number of nitrogens with one attached hydrogen (secondary N) is 5. The van der Waals surface area contributed by atoms with Crippen molar-refractivity contribution in [2.75, 3.05) is 20.8 Å². The number of amides is 5. The number of Topliss-reactive ketones (excluding diaryl/α,β-unsaturated/α-hetero) is 7. The van der Waals surface area contributed by atoms with E-state index in [4.69, 9.17) is 14.2 Å². The summed E-state index contributed by atoms with van der Waals surface area (Å²) in [5.41, 5.74) is 1.26. The monoisotopic (exact) mass is 1340 g/mol. The van der Waals surface area contributed by atoms with E-state index in [0.717, 1.165) is 19.3 Å². The Hall–Kier alpha value is -7.24. The Bertz CT molecular complexity index is 3130. The minimum absolute atomic E-state index is 0.0299. The fourth-order valence-corrected chi connectivity index (χ4v) is 16.2. The normalized spacial score (nSPS) is 28.2. The summed E-state index contributed by atoms with van der Waals surface area (Å²) in [4.78, 5) is 163. The fourth-order valence-electron chi connectivity index (χ4n) is 16.2. The standard InChI is InChI=1S/C73H101N5O18/c1-6-8-9-16-61(74-40(3)79)73(93)77-60-19-12-15-50(60)72(92)57-37-45(83)34-54(57)63(85)27-30-67(88)75-58-17-10-13-48(58)70(90)55-35-43(81)32-52(55)62(84)26-29-66(87)76-59-18-11-14-49(59)71(91)56-36-44(82)33-53(56)64(86)28-31-68(89)78-69(51-25-24-47(94-4)38-65(51)95-5)41-20-22-46(23-21-41)96-39-42(80)7-2/h20-25,38,43-45,48-50,52-61,69,81-83H,6-19,26-37,39H2,1-5H3,(H,74,79)(H,75,88)(H,76,87)(H,77,93)(H,78,89)/t43?,44?,45?,48-,49-,50-,52-,53-,54-,55?,56?,57?,58?,59?,60?,61+,69?/m1/s1. The quantitative estimate of drug-likeness (QED) is 0.0356. The van der Waals surface area contributed by atoms with Crippen LogP contribution in [-0.4, -0.2) is 149 Å². The molecule has 0 aromatic heterocycles. The van der Waals surface area contributed by atoms with Gasteiger partial charge < -0.3 is 56.1 Å². The Morgan fingerprint density at radius 3 is 1.35 bits per heavy atom. The summed E-state index contributed by atoms with van der Waals surface area (Å²) >= 11 is 0. The predicted molar refractivity (Wildman–Crippen MR) is 351 cm³/mol. The van der Waals surface area contributed by atoms with Crippen LogP contribution >= 0.6 is 0 Å². The van der Waals surface area contributed by atoms with Crippen LogP contribution in [0.5, 0.6) is 17.2 Å². The molecule has 6 aliphatic carbocycles. The van der Waals surface area contributed by atoms with Gasteiger partial charge in [-0.05, 0) is 113 Å². The summed E-state index contributed by atoms with van der Waals surface area (Å²) in [7, 11) is 3.01. The van der Waals surface area contributed by atoms with Crippen molar-refractivity contribution in [1.82, 2.24) is 26.6 Å². The van der Waals surface area contributed by atoms with Gasteiger partial charge in [0.25, 0.3) is 0 Å². The van der Waals surface area contributed by atoms with Crippen molar-refractivity contribution < 1.29 is 87.1 Å². The van der Waals surface area contributed by atoms with Crippen molar-refractivity contribution in [3.63, 3.8) is 0 Å². The molecule has 0 aliphatic heterocycles. The summed E-state index contributed by atoms with van der Waals surface area (Å²) < 4.78 is 16.7. The maximum Gasteiger partial charge on any atom is 0.242 e. The third-order valence-electron chi connectivity index (χ3n) is 21.3. The van der Waals surface area contributed by atoms with E-state index < -0.39 is 120 Å². The van der Waals surface area contributed by atoms with Crippen molar-refractivity contribution in [3.05, 3.63) is 53.6 Å². The number of aliphatic hydroxyl groups is 3. The highest BCUT2D eigenvalue weighted by Crippen LogP contribution is 2.44. The molecule has 0 bridgehead atoms. The van der Waals surface area contributed by atoms with Gasteiger partial charge >= 0.3 is 0 Å². The van der Waals surface area contributed by atoms with E-state index in [2.05, 4.69) is 26.6 Å². The highest BCUT2D eigenvalue weighted by molar-refractivity contribution is 5.97. The van der Waals surface area contributed by atoms with Gasteiger partial charge in [-0.25, -0.2) is 0 Å². The van der Waals surface area contributed by atoms with Gasteiger partial charge in [0.15, 0.2) is 5.78 Å². The third-order valence-corrected chi connectivity index (χ3v) is 21.3. The molecule has 96 heavy (non-hydrogen) atoms. The van der Waals surface area contributed by atoms with E-state index in [0.29, 0.717) is 99.0 Å². The molecular formula is C73H101N5O18. The second-order valence-corrected chi connectivity index (χ2v) is 27.8. The molecule has 23 heteroatoms. The Balaban J connectivity index is 0.796. The second-order valence-electron chi connectivity index (χ2n) is 27.8. The first-order chi connectivity index (χ1) is 46.0. The van der Waals surface area contributed by atoms with Crippen LogP contribution in [-0.2, 0) is 57.5 Å². The first-order valence-corrected chi connectivity index (χ1v) is 35.2. The summed E-state index contributed by atoms with van der Waals surface area (Å²) in [6.45, 7) is 5.06. The number of hydrogen-bond donors (Lipinski definition) is 8.